The Hall–Kier alpha value is -2.21. The van der Waals surface area contributed by atoms with Gasteiger partial charge in [-0.15, -0.1) is 0 Å². The molecule has 0 aliphatic rings. The van der Waals surface area contributed by atoms with Crippen LogP contribution in [0.4, 0.5) is 0 Å². The predicted molar refractivity (Wildman–Crippen MR) is 168 cm³/mol. The molecule has 7 N–H and O–H groups in total. The summed E-state index contributed by atoms with van der Waals surface area (Å²) in [6.07, 6.45) is 9.38. The average molecular weight is 597 g/mol. The summed E-state index contributed by atoms with van der Waals surface area (Å²) in [6, 6.07) is -1.31. The number of unbranched alkanes of at least 4 members (excludes halogenated alkanes) is 4. The highest BCUT2D eigenvalue weighted by Gasteiger charge is 2.28. The summed E-state index contributed by atoms with van der Waals surface area (Å²) in [7, 11) is 7.35. The minimum absolute atomic E-state index is 0.0239. The number of rotatable bonds is 29. The highest BCUT2D eigenvalue weighted by molar-refractivity contribution is 5.93. The van der Waals surface area contributed by atoms with E-state index >= 15 is 0 Å². The zero-order chi connectivity index (χ0) is 31.8. The molecular weight excluding hydrogens is 536 g/mol. The lowest BCUT2D eigenvalue weighted by molar-refractivity contribution is -0.131. The SMILES string of the molecule is CNCCCC[C@H](NC)C(=O)CCCCC[C@H](NC(=O)[C@H](CCCCNC)NC)C(=O)CC(CCCC(C)=O)C(N)=O. The molecule has 0 heterocycles. The molecule has 0 saturated heterocycles. The fraction of sp³-hybridized carbons (Fsp3) is 0.839. The van der Waals surface area contributed by atoms with Crippen LogP contribution in [0.1, 0.15) is 103 Å². The van der Waals surface area contributed by atoms with E-state index in [9.17, 15) is 24.0 Å². The number of Topliss-reactive ketones (excluding diaryl/α,β-unsaturated/α-hetero) is 3. The van der Waals surface area contributed by atoms with E-state index in [-0.39, 0.29) is 35.7 Å². The van der Waals surface area contributed by atoms with Crippen molar-refractivity contribution < 1.29 is 24.0 Å². The number of amides is 2. The van der Waals surface area contributed by atoms with Gasteiger partial charge in [0.2, 0.25) is 11.8 Å². The number of ketones is 3. The molecule has 2 amide bonds. The van der Waals surface area contributed by atoms with Crippen molar-refractivity contribution in [3.05, 3.63) is 0 Å². The van der Waals surface area contributed by atoms with Crippen molar-refractivity contribution in [3.8, 4) is 0 Å². The third kappa shape index (κ3) is 19.1. The standard InChI is InChI=1S/C31H60N6O5/c1-23(38)14-13-15-24(30(32)41)22-29(40)26(37-31(42)27(36-5)18-10-12-21-34-3)17-7-6-8-19-28(39)25(35-4)16-9-11-20-33-2/h24-27,33-36H,6-22H2,1-5H3,(H2,32,41)(H,37,42)/t24?,25-,26-,27-/m0/s1. The molecule has 0 saturated carbocycles. The van der Waals surface area contributed by atoms with E-state index in [0.717, 1.165) is 51.6 Å². The summed E-state index contributed by atoms with van der Waals surface area (Å²) < 4.78 is 0. The van der Waals surface area contributed by atoms with Crippen LogP contribution in [0.25, 0.3) is 0 Å². The lowest BCUT2D eigenvalue weighted by Crippen LogP contribution is -2.50. The first kappa shape index (κ1) is 39.8. The number of nitrogens with two attached hydrogens (primary N) is 1. The van der Waals surface area contributed by atoms with Crippen LogP contribution in [-0.4, -0.2) is 88.6 Å². The van der Waals surface area contributed by atoms with E-state index in [1.165, 1.54) is 6.92 Å². The Labute approximate surface area is 254 Å². The van der Waals surface area contributed by atoms with Gasteiger partial charge in [-0.2, -0.15) is 0 Å². The third-order valence-corrected chi connectivity index (χ3v) is 7.79. The number of carbonyl (C=O) groups excluding carboxylic acids is 5. The summed E-state index contributed by atoms with van der Waals surface area (Å²) in [6.45, 7) is 3.29. The number of hydrogen-bond acceptors (Lipinski definition) is 9. The van der Waals surface area contributed by atoms with Gasteiger partial charge in [-0.25, -0.2) is 0 Å². The van der Waals surface area contributed by atoms with Gasteiger partial charge in [0.05, 0.1) is 18.1 Å². The van der Waals surface area contributed by atoms with Crippen LogP contribution in [-0.2, 0) is 24.0 Å². The van der Waals surface area contributed by atoms with Crippen LogP contribution in [0.5, 0.6) is 0 Å². The van der Waals surface area contributed by atoms with Crippen LogP contribution >= 0.6 is 0 Å². The maximum atomic E-state index is 13.4. The summed E-state index contributed by atoms with van der Waals surface area (Å²) in [5.41, 5.74) is 5.58. The molecule has 0 fully saturated rings. The van der Waals surface area contributed by atoms with E-state index in [4.69, 9.17) is 5.73 Å². The van der Waals surface area contributed by atoms with Crippen LogP contribution < -0.4 is 32.3 Å². The molecule has 0 aromatic heterocycles. The van der Waals surface area contributed by atoms with Crippen molar-refractivity contribution in [1.29, 1.82) is 0 Å². The van der Waals surface area contributed by atoms with Gasteiger partial charge in [0.15, 0.2) is 5.78 Å². The van der Waals surface area contributed by atoms with Crippen molar-refractivity contribution in [1.82, 2.24) is 26.6 Å². The Bertz CT molecular complexity index is 794. The van der Waals surface area contributed by atoms with Gasteiger partial charge in [0, 0.05) is 25.2 Å². The number of nitrogens with one attached hydrogen (secondary N) is 5. The quantitative estimate of drug-likeness (QED) is 0.0704. The summed E-state index contributed by atoms with van der Waals surface area (Å²) in [5, 5.41) is 15.3. The maximum absolute atomic E-state index is 13.4. The Balaban J connectivity index is 5.16. The van der Waals surface area contributed by atoms with Crippen LogP contribution in [0, 0.1) is 5.92 Å². The molecule has 11 nitrogen and oxygen atoms in total. The van der Waals surface area contributed by atoms with Gasteiger partial charge in [-0.05, 0) is 99.6 Å². The largest absolute Gasteiger partial charge is 0.369 e. The van der Waals surface area contributed by atoms with Crippen molar-refractivity contribution in [3.63, 3.8) is 0 Å². The molecule has 0 aliphatic carbocycles. The molecule has 0 aromatic rings. The van der Waals surface area contributed by atoms with E-state index in [1.54, 1.807) is 7.05 Å². The summed E-state index contributed by atoms with van der Waals surface area (Å²) in [5.74, 6) is -1.49. The van der Waals surface area contributed by atoms with Crippen molar-refractivity contribution in [2.45, 2.75) is 121 Å². The molecule has 0 bridgehead atoms. The first-order chi connectivity index (χ1) is 20.1. The Kier molecular flexibility index (Phi) is 24.0. The molecule has 1 unspecified atom stereocenters. The average Bonchev–Trinajstić information content (AvgIpc) is 2.95. The molecule has 0 aliphatic heterocycles. The molecule has 0 rings (SSSR count). The second-order valence-corrected chi connectivity index (χ2v) is 11.4. The van der Waals surface area contributed by atoms with Gasteiger partial charge in [-0.3, -0.25) is 19.2 Å². The van der Waals surface area contributed by atoms with Crippen molar-refractivity contribution in [2.24, 2.45) is 11.7 Å². The Morgan fingerprint density at radius 2 is 1.14 bits per heavy atom. The predicted octanol–water partition coefficient (Wildman–Crippen LogP) is 1.77. The minimum Gasteiger partial charge on any atom is -0.369 e. The van der Waals surface area contributed by atoms with E-state index in [0.29, 0.717) is 51.4 Å². The molecule has 0 aromatic carbocycles. The fourth-order valence-corrected chi connectivity index (χ4v) is 5.09. The maximum Gasteiger partial charge on any atom is 0.237 e. The molecule has 42 heavy (non-hydrogen) atoms. The molecule has 11 heteroatoms. The molecule has 0 spiro atoms. The second kappa shape index (κ2) is 25.3. The smallest absolute Gasteiger partial charge is 0.237 e. The third-order valence-electron chi connectivity index (χ3n) is 7.79. The molecule has 244 valence electrons. The Morgan fingerprint density at radius 1 is 0.595 bits per heavy atom. The summed E-state index contributed by atoms with van der Waals surface area (Å²) >= 11 is 0. The highest BCUT2D eigenvalue weighted by atomic mass is 16.2. The topological polar surface area (TPSA) is 172 Å². The van der Waals surface area contributed by atoms with Crippen molar-refractivity contribution >= 4 is 29.2 Å². The fourth-order valence-electron chi connectivity index (χ4n) is 5.09. The van der Waals surface area contributed by atoms with Gasteiger partial charge in [0.25, 0.3) is 0 Å². The van der Waals surface area contributed by atoms with Gasteiger partial charge in [-0.1, -0.05) is 25.7 Å². The van der Waals surface area contributed by atoms with E-state index < -0.39 is 23.9 Å². The number of carbonyl (C=O) groups is 5. The normalized spacial score (nSPS) is 14.1. The van der Waals surface area contributed by atoms with Gasteiger partial charge in [0.1, 0.15) is 11.6 Å². The van der Waals surface area contributed by atoms with Crippen molar-refractivity contribution in [2.75, 3.05) is 41.3 Å². The van der Waals surface area contributed by atoms with E-state index in [1.807, 2.05) is 21.1 Å². The monoisotopic (exact) mass is 596 g/mol. The number of hydrogen-bond donors (Lipinski definition) is 6. The first-order valence-electron chi connectivity index (χ1n) is 15.9. The van der Waals surface area contributed by atoms with Crippen LogP contribution in [0.2, 0.25) is 0 Å². The number of primary amides is 1. The second-order valence-electron chi connectivity index (χ2n) is 11.4. The molecule has 0 radical (unpaired) electrons. The lowest BCUT2D eigenvalue weighted by Gasteiger charge is -2.23. The van der Waals surface area contributed by atoms with E-state index in [2.05, 4.69) is 26.6 Å². The first-order valence-corrected chi connectivity index (χ1v) is 15.9. The zero-order valence-corrected chi connectivity index (χ0v) is 26.9. The highest BCUT2D eigenvalue weighted by Crippen LogP contribution is 2.17. The molecular formula is C31H60N6O5. The van der Waals surface area contributed by atoms with Gasteiger partial charge < -0.3 is 37.1 Å². The number of likely N-dealkylation sites (N-methyl/N-ethyl adjacent to an activating group) is 2. The van der Waals surface area contributed by atoms with Crippen LogP contribution in [0.15, 0.2) is 0 Å². The zero-order valence-electron chi connectivity index (χ0n) is 26.9. The minimum atomic E-state index is -0.742. The molecule has 4 atom stereocenters. The van der Waals surface area contributed by atoms with Gasteiger partial charge >= 0.3 is 0 Å². The Morgan fingerprint density at radius 3 is 1.67 bits per heavy atom. The van der Waals surface area contributed by atoms with Crippen LogP contribution in [0.3, 0.4) is 0 Å². The summed E-state index contributed by atoms with van der Waals surface area (Å²) in [4.78, 5) is 62.5. The lowest BCUT2D eigenvalue weighted by atomic mass is 9.90.